The summed E-state index contributed by atoms with van der Waals surface area (Å²) in [6.45, 7) is 3.98. The van der Waals surface area contributed by atoms with Gasteiger partial charge >= 0.3 is 5.97 Å². The maximum Gasteiger partial charge on any atom is 0.306 e. The standard InChI is InChI=1S/C14H20N4O2S/c1-2-20-13(19)6-5-12-11-21-14(17-12)15-7-3-9-18-10-4-8-16-18/h4,8,10-11H,2-3,5-7,9H2,1H3,(H,15,17). The molecular formula is C14H20N4O2S. The molecule has 1 N–H and O–H groups in total. The molecule has 0 unspecified atom stereocenters. The molecule has 0 atom stereocenters. The van der Waals surface area contributed by atoms with E-state index in [1.807, 2.05) is 29.2 Å². The van der Waals surface area contributed by atoms with Crippen LogP contribution >= 0.6 is 11.3 Å². The summed E-state index contributed by atoms with van der Waals surface area (Å²) in [7, 11) is 0. The van der Waals surface area contributed by atoms with E-state index in [1.54, 1.807) is 17.5 Å². The molecule has 0 spiro atoms. The van der Waals surface area contributed by atoms with Crippen molar-refractivity contribution in [2.75, 3.05) is 18.5 Å². The Labute approximate surface area is 128 Å². The van der Waals surface area contributed by atoms with Crippen LogP contribution in [0, 0.1) is 0 Å². The second kappa shape index (κ2) is 8.41. The molecule has 114 valence electrons. The van der Waals surface area contributed by atoms with E-state index in [0.717, 1.165) is 30.3 Å². The van der Waals surface area contributed by atoms with E-state index in [9.17, 15) is 4.79 Å². The minimum absolute atomic E-state index is 0.167. The van der Waals surface area contributed by atoms with E-state index in [-0.39, 0.29) is 5.97 Å². The van der Waals surface area contributed by atoms with Gasteiger partial charge in [-0.2, -0.15) is 5.10 Å². The van der Waals surface area contributed by atoms with Gasteiger partial charge < -0.3 is 10.1 Å². The molecule has 0 saturated carbocycles. The normalized spacial score (nSPS) is 10.5. The van der Waals surface area contributed by atoms with Crippen LogP contribution in [0.3, 0.4) is 0 Å². The summed E-state index contributed by atoms with van der Waals surface area (Å²) in [4.78, 5) is 15.7. The van der Waals surface area contributed by atoms with Gasteiger partial charge in [0.1, 0.15) is 0 Å². The smallest absolute Gasteiger partial charge is 0.306 e. The largest absolute Gasteiger partial charge is 0.466 e. The van der Waals surface area contributed by atoms with Crippen LogP contribution in [0.4, 0.5) is 5.13 Å². The van der Waals surface area contributed by atoms with Gasteiger partial charge in [0, 0.05) is 37.3 Å². The third-order valence-corrected chi connectivity index (χ3v) is 3.69. The Hall–Kier alpha value is -1.89. The van der Waals surface area contributed by atoms with Crippen molar-refractivity contribution in [2.45, 2.75) is 32.7 Å². The molecule has 2 aromatic rings. The van der Waals surface area contributed by atoms with Gasteiger partial charge in [-0.25, -0.2) is 4.98 Å². The fourth-order valence-corrected chi connectivity index (χ4v) is 2.61. The summed E-state index contributed by atoms with van der Waals surface area (Å²) < 4.78 is 6.81. The Balaban J connectivity index is 1.64. The fourth-order valence-electron chi connectivity index (χ4n) is 1.84. The van der Waals surface area contributed by atoms with Crippen LogP contribution in [0.15, 0.2) is 23.8 Å². The highest BCUT2D eigenvalue weighted by Crippen LogP contribution is 2.16. The molecule has 0 amide bonds. The Kier molecular flexibility index (Phi) is 6.21. The maximum absolute atomic E-state index is 11.3. The summed E-state index contributed by atoms with van der Waals surface area (Å²) in [5, 5.41) is 10.3. The van der Waals surface area contributed by atoms with Gasteiger partial charge in [0.05, 0.1) is 18.7 Å². The number of aromatic nitrogens is 3. The number of hydrogen-bond acceptors (Lipinski definition) is 6. The first-order valence-electron chi connectivity index (χ1n) is 7.09. The van der Waals surface area contributed by atoms with E-state index in [2.05, 4.69) is 15.4 Å². The maximum atomic E-state index is 11.3. The number of thiazole rings is 1. The molecule has 0 bridgehead atoms. The minimum atomic E-state index is -0.167. The second-order valence-corrected chi connectivity index (χ2v) is 5.36. The van der Waals surface area contributed by atoms with Crippen molar-refractivity contribution < 1.29 is 9.53 Å². The molecule has 0 aliphatic rings. The number of anilines is 1. The van der Waals surface area contributed by atoms with Gasteiger partial charge in [-0.15, -0.1) is 11.3 Å². The molecule has 0 radical (unpaired) electrons. The average molecular weight is 308 g/mol. The molecule has 0 aromatic carbocycles. The molecule has 0 fully saturated rings. The van der Waals surface area contributed by atoms with Crippen LogP contribution in [0.25, 0.3) is 0 Å². The first-order valence-corrected chi connectivity index (χ1v) is 7.97. The highest BCUT2D eigenvalue weighted by Gasteiger charge is 2.06. The zero-order valence-electron chi connectivity index (χ0n) is 12.1. The Morgan fingerprint density at radius 2 is 2.43 bits per heavy atom. The van der Waals surface area contributed by atoms with Crippen molar-refractivity contribution in [2.24, 2.45) is 0 Å². The SMILES string of the molecule is CCOC(=O)CCc1csc(NCCCn2cccn2)n1. The topological polar surface area (TPSA) is 69.0 Å². The summed E-state index contributed by atoms with van der Waals surface area (Å²) in [6.07, 6.45) is 5.74. The van der Waals surface area contributed by atoms with Crippen LogP contribution in [-0.2, 0) is 22.5 Å². The van der Waals surface area contributed by atoms with E-state index in [4.69, 9.17) is 4.74 Å². The van der Waals surface area contributed by atoms with E-state index >= 15 is 0 Å². The third-order valence-electron chi connectivity index (χ3n) is 2.84. The predicted molar refractivity (Wildman–Crippen MR) is 82.4 cm³/mol. The van der Waals surface area contributed by atoms with Crippen LogP contribution in [0.5, 0.6) is 0 Å². The predicted octanol–water partition coefficient (Wildman–Crippen LogP) is 2.34. The van der Waals surface area contributed by atoms with Crippen molar-refractivity contribution in [1.29, 1.82) is 0 Å². The summed E-state index contributed by atoms with van der Waals surface area (Å²) in [5.41, 5.74) is 0.933. The first kappa shape index (κ1) is 15.5. The molecule has 6 nitrogen and oxygen atoms in total. The van der Waals surface area contributed by atoms with Gasteiger partial charge in [0.15, 0.2) is 5.13 Å². The molecular weight excluding hydrogens is 288 g/mol. The van der Waals surface area contributed by atoms with Gasteiger partial charge in [-0.3, -0.25) is 9.48 Å². The minimum Gasteiger partial charge on any atom is -0.466 e. The lowest BCUT2D eigenvalue weighted by atomic mass is 10.2. The lowest BCUT2D eigenvalue weighted by Crippen LogP contribution is -2.07. The second-order valence-electron chi connectivity index (χ2n) is 4.50. The number of carbonyl (C=O) groups excluding carboxylic acids is 1. The number of esters is 1. The highest BCUT2D eigenvalue weighted by atomic mass is 32.1. The van der Waals surface area contributed by atoms with E-state index < -0.39 is 0 Å². The first-order chi connectivity index (χ1) is 10.3. The number of ether oxygens (including phenoxy) is 1. The number of nitrogens with zero attached hydrogens (tertiary/aromatic N) is 3. The Morgan fingerprint density at radius 3 is 3.19 bits per heavy atom. The van der Waals surface area contributed by atoms with Crippen LogP contribution in [0.1, 0.15) is 25.5 Å². The lowest BCUT2D eigenvalue weighted by molar-refractivity contribution is -0.143. The molecule has 2 aromatic heterocycles. The molecule has 21 heavy (non-hydrogen) atoms. The molecule has 2 rings (SSSR count). The van der Waals surface area contributed by atoms with Crippen LogP contribution in [0.2, 0.25) is 0 Å². The van der Waals surface area contributed by atoms with Crippen molar-refractivity contribution in [3.05, 3.63) is 29.5 Å². The fraction of sp³-hybridized carbons (Fsp3) is 0.500. The zero-order chi connectivity index (χ0) is 14.9. The quantitative estimate of drug-likeness (QED) is 0.569. The van der Waals surface area contributed by atoms with Crippen LogP contribution in [-0.4, -0.2) is 33.9 Å². The number of carbonyl (C=O) groups is 1. The van der Waals surface area contributed by atoms with Crippen molar-refractivity contribution in [3.8, 4) is 0 Å². The van der Waals surface area contributed by atoms with Crippen LogP contribution < -0.4 is 5.32 Å². The number of aryl methyl sites for hydroxylation is 2. The summed E-state index contributed by atoms with van der Waals surface area (Å²) >= 11 is 1.57. The van der Waals surface area contributed by atoms with Crippen molar-refractivity contribution >= 4 is 22.4 Å². The number of nitrogens with one attached hydrogen (secondary N) is 1. The molecule has 0 aliphatic heterocycles. The van der Waals surface area contributed by atoms with E-state index in [1.165, 1.54) is 0 Å². The Bertz CT molecular complexity index is 539. The van der Waals surface area contributed by atoms with Gasteiger partial charge in [0.25, 0.3) is 0 Å². The molecule has 0 saturated heterocycles. The summed E-state index contributed by atoms with van der Waals surface area (Å²) in [6, 6.07) is 1.92. The van der Waals surface area contributed by atoms with Crippen molar-refractivity contribution in [1.82, 2.24) is 14.8 Å². The number of hydrogen-bond donors (Lipinski definition) is 1. The van der Waals surface area contributed by atoms with Gasteiger partial charge in [-0.05, 0) is 19.4 Å². The monoisotopic (exact) mass is 308 g/mol. The Morgan fingerprint density at radius 1 is 1.52 bits per heavy atom. The molecule has 2 heterocycles. The third kappa shape index (κ3) is 5.55. The highest BCUT2D eigenvalue weighted by molar-refractivity contribution is 7.13. The van der Waals surface area contributed by atoms with Gasteiger partial charge in [-0.1, -0.05) is 0 Å². The van der Waals surface area contributed by atoms with Gasteiger partial charge in [0.2, 0.25) is 0 Å². The lowest BCUT2D eigenvalue weighted by Gasteiger charge is -2.03. The molecule has 0 aliphatic carbocycles. The average Bonchev–Trinajstić information content (AvgIpc) is 3.13. The van der Waals surface area contributed by atoms with E-state index in [0.29, 0.717) is 19.4 Å². The molecule has 7 heteroatoms. The van der Waals surface area contributed by atoms with Crippen molar-refractivity contribution in [3.63, 3.8) is 0 Å². The number of rotatable bonds is 9. The zero-order valence-corrected chi connectivity index (χ0v) is 12.9. The summed E-state index contributed by atoms with van der Waals surface area (Å²) in [5.74, 6) is -0.167.